The third-order valence-electron chi connectivity index (χ3n) is 3.81. The van der Waals surface area contributed by atoms with E-state index in [1.165, 1.54) is 6.42 Å². The molecule has 1 unspecified atom stereocenters. The van der Waals surface area contributed by atoms with E-state index in [-0.39, 0.29) is 28.7 Å². The molecular formula is C12H14Cl2FN. The summed E-state index contributed by atoms with van der Waals surface area (Å²) in [5.41, 5.74) is 1.36. The number of fused-ring (bicyclic) bond motifs is 1. The van der Waals surface area contributed by atoms with Gasteiger partial charge in [0.2, 0.25) is 0 Å². The van der Waals surface area contributed by atoms with Crippen molar-refractivity contribution in [3.05, 3.63) is 34.6 Å². The molecule has 1 aromatic carbocycles. The number of benzene rings is 1. The molecule has 88 valence electrons. The molecular weight excluding hydrogens is 248 g/mol. The molecule has 16 heavy (non-hydrogen) atoms. The summed E-state index contributed by atoms with van der Waals surface area (Å²) >= 11 is 5.69. The molecule has 0 N–H and O–H groups in total. The summed E-state index contributed by atoms with van der Waals surface area (Å²) < 4.78 is 13.4. The van der Waals surface area contributed by atoms with Crippen LogP contribution in [0.2, 0.25) is 5.02 Å². The van der Waals surface area contributed by atoms with Crippen molar-refractivity contribution in [1.82, 2.24) is 4.90 Å². The van der Waals surface area contributed by atoms with Gasteiger partial charge >= 0.3 is 0 Å². The van der Waals surface area contributed by atoms with Crippen molar-refractivity contribution in [2.75, 3.05) is 20.1 Å². The van der Waals surface area contributed by atoms with Gasteiger partial charge in [0.25, 0.3) is 0 Å². The van der Waals surface area contributed by atoms with E-state index in [9.17, 15) is 4.39 Å². The lowest BCUT2D eigenvalue weighted by Gasteiger charge is -2.16. The molecule has 1 aromatic rings. The maximum atomic E-state index is 13.4. The van der Waals surface area contributed by atoms with Gasteiger partial charge in [0.15, 0.2) is 0 Å². The lowest BCUT2D eigenvalue weighted by atomic mass is 9.95. The summed E-state index contributed by atoms with van der Waals surface area (Å²) in [7, 11) is 2.13. The highest BCUT2D eigenvalue weighted by molar-refractivity contribution is 6.30. The molecule has 0 bridgehead atoms. The number of rotatable bonds is 1. The van der Waals surface area contributed by atoms with Crippen molar-refractivity contribution >= 4 is 24.0 Å². The van der Waals surface area contributed by atoms with E-state index < -0.39 is 0 Å². The molecule has 2 atom stereocenters. The summed E-state index contributed by atoms with van der Waals surface area (Å²) in [5.74, 6) is 0.437. The minimum Gasteiger partial charge on any atom is -0.305 e. The van der Waals surface area contributed by atoms with Crippen molar-refractivity contribution in [1.29, 1.82) is 0 Å². The second kappa shape index (κ2) is 3.86. The lowest BCUT2D eigenvalue weighted by Crippen LogP contribution is -2.22. The minimum atomic E-state index is -0.288. The molecule has 0 amide bonds. The molecule has 0 aromatic heterocycles. The average molecular weight is 262 g/mol. The normalized spacial score (nSPS) is 32.1. The highest BCUT2D eigenvalue weighted by Gasteiger charge is 2.59. The van der Waals surface area contributed by atoms with Gasteiger partial charge in [-0.15, -0.1) is 12.4 Å². The Hall–Kier alpha value is -0.310. The van der Waals surface area contributed by atoms with Crippen LogP contribution in [0.5, 0.6) is 0 Å². The molecule has 0 spiro atoms. The topological polar surface area (TPSA) is 3.24 Å². The molecule has 1 aliphatic heterocycles. The second-order valence-electron chi connectivity index (χ2n) is 4.88. The molecule has 2 fully saturated rings. The maximum absolute atomic E-state index is 13.4. The molecule has 1 saturated heterocycles. The van der Waals surface area contributed by atoms with Crippen LogP contribution >= 0.6 is 24.0 Å². The first-order valence-corrected chi connectivity index (χ1v) is 5.64. The van der Waals surface area contributed by atoms with Crippen LogP contribution in [0, 0.1) is 11.7 Å². The highest BCUT2D eigenvalue weighted by atomic mass is 35.5. The largest absolute Gasteiger partial charge is 0.305 e. The third-order valence-corrected chi connectivity index (χ3v) is 4.12. The van der Waals surface area contributed by atoms with Crippen LogP contribution in [0.4, 0.5) is 4.39 Å². The Morgan fingerprint density at radius 2 is 2.25 bits per heavy atom. The fourth-order valence-electron chi connectivity index (χ4n) is 2.99. The zero-order chi connectivity index (χ0) is 10.6. The molecule has 1 heterocycles. The van der Waals surface area contributed by atoms with Crippen molar-refractivity contribution in [2.45, 2.75) is 11.8 Å². The van der Waals surface area contributed by atoms with Crippen molar-refractivity contribution < 1.29 is 4.39 Å². The molecule has 3 rings (SSSR count). The van der Waals surface area contributed by atoms with Gasteiger partial charge in [-0.25, -0.2) is 4.39 Å². The summed E-state index contributed by atoms with van der Waals surface area (Å²) in [4.78, 5) is 2.32. The van der Waals surface area contributed by atoms with E-state index in [2.05, 4.69) is 11.9 Å². The predicted octanol–water partition coefficient (Wildman–Crippen LogP) is 3.10. The van der Waals surface area contributed by atoms with E-state index in [4.69, 9.17) is 11.6 Å². The average Bonchev–Trinajstić information content (AvgIpc) is 2.75. The van der Waals surface area contributed by atoms with Gasteiger partial charge in [-0.2, -0.15) is 0 Å². The van der Waals surface area contributed by atoms with E-state index in [1.807, 2.05) is 6.07 Å². The highest BCUT2D eigenvalue weighted by Crippen LogP contribution is 2.58. The van der Waals surface area contributed by atoms with Gasteiger partial charge in [0, 0.05) is 18.5 Å². The smallest absolute Gasteiger partial charge is 0.142 e. The monoisotopic (exact) mass is 261 g/mol. The van der Waals surface area contributed by atoms with Gasteiger partial charge in [0.05, 0.1) is 5.02 Å². The number of nitrogens with zero attached hydrogens (tertiary/aromatic N) is 1. The van der Waals surface area contributed by atoms with Crippen LogP contribution in [0.1, 0.15) is 12.0 Å². The SMILES string of the molecule is CN1C[C@H]2CC2(c2ccc(Cl)c(F)c2)C1.Cl. The standard InChI is InChI=1S/C12H13ClFN.ClH/c1-15-6-9-5-12(9,7-15)8-2-3-10(13)11(14)4-8;/h2-4,9H,5-7H2,1H3;1H/t9-,12?;/m1./s1. The Morgan fingerprint density at radius 3 is 2.81 bits per heavy atom. The van der Waals surface area contributed by atoms with Gasteiger partial charge in [-0.05, 0) is 37.1 Å². The van der Waals surface area contributed by atoms with Gasteiger partial charge in [-0.3, -0.25) is 0 Å². The quantitative estimate of drug-likeness (QED) is 0.751. The number of hydrogen-bond donors (Lipinski definition) is 0. The fourth-order valence-corrected chi connectivity index (χ4v) is 3.10. The summed E-state index contributed by atoms with van der Waals surface area (Å²) in [6.45, 7) is 2.20. The molecule has 1 nitrogen and oxygen atoms in total. The van der Waals surface area contributed by atoms with Crippen LogP contribution in [0.25, 0.3) is 0 Å². The number of piperidine rings is 1. The van der Waals surface area contributed by atoms with Gasteiger partial charge < -0.3 is 4.90 Å². The third kappa shape index (κ3) is 1.64. The van der Waals surface area contributed by atoms with Crippen molar-refractivity contribution in [3.8, 4) is 0 Å². The van der Waals surface area contributed by atoms with Crippen molar-refractivity contribution in [2.24, 2.45) is 5.92 Å². The molecule has 2 aliphatic rings. The number of halogens is 3. The van der Waals surface area contributed by atoms with E-state index in [0.29, 0.717) is 0 Å². The van der Waals surface area contributed by atoms with Crippen LogP contribution in [-0.4, -0.2) is 25.0 Å². The summed E-state index contributed by atoms with van der Waals surface area (Å²) in [6, 6.07) is 5.26. The first kappa shape index (κ1) is 12.2. The zero-order valence-corrected chi connectivity index (χ0v) is 10.6. The van der Waals surface area contributed by atoms with E-state index in [0.717, 1.165) is 24.6 Å². The van der Waals surface area contributed by atoms with Crippen molar-refractivity contribution in [3.63, 3.8) is 0 Å². The zero-order valence-electron chi connectivity index (χ0n) is 9.04. The summed E-state index contributed by atoms with van der Waals surface area (Å²) in [5, 5.41) is 0.221. The Bertz CT molecular complexity index is 423. The Kier molecular flexibility index (Phi) is 2.94. The van der Waals surface area contributed by atoms with Crippen LogP contribution in [0.3, 0.4) is 0 Å². The Morgan fingerprint density at radius 1 is 1.50 bits per heavy atom. The fraction of sp³-hybridized carbons (Fsp3) is 0.500. The molecule has 1 aliphatic carbocycles. The molecule has 1 saturated carbocycles. The Labute approximate surface area is 106 Å². The Balaban J connectivity index is 0.000000963. The first-order chi connectivity index (χ1) is 7.12. The molecule has 0 radical (unpaired) electrons. The number of hydrogen-bond acceptors (Lipinski definition) is 1. The minimum absolute atomic E-state index is 0. The van der Waals surface area contributed by atoms with Crippen LogP contribution in [-0.2, 0) is 5.41 Å². The van der Waals surface area contributed by atoms with Crippen LogP contribution in [0.15, 0.2) is 18.2 Å². The van der Waals surface area contributed by atoms with E-state index >= 15 is 0 Å². The number of likely N-dealkylation sites (N-methyl/N-ethyl adjacent to an activating group) is 1. The second-order valence-corrected chi connectivity index (χ2v) is 5.29. The summed E-state index contributed by atoms with van der Waals surface area (Å²) in [6.07, 6.45) is 1.21. The lowest BCUT2D eigenvalue weighted by molar-refractivity contribution is 0.363. The van der Waals surface area contributed by atoms with Crippen LogP contribution < -0.4 is 0 Å². The first-order valence-electron chi connectivity index (χ1n) is 5.26. The van der Waals surface area contributed by atoms with Gasteiger partial charge in [0.1, 0.15) is 5.82 Å². The van der Waals surface area contributed by atoms with Gasteiger partial charge in [-0.1, -0.05) is 17.7 Å². The number of likely N-dealkylation sites (tertiary alicyclic amines) is 1. The predicted molar refractivity (Wildman–Crippen MR) is 65.9 cm³/mol. The van der Waals surface area contributed by atoms with E-state index in [1.54, 1.807) is 12.1 Å². The maximum Gasteiger partial charge on any atom is 0.142 e. The molecule has 4 heteroatoms.